The molecule has 86 valence electrons. The molecule has 0 saturated heterocycles. The van der Waals surface area contributed by atoms with E-state index >= 15 is 0 Å². The number of hydrogen-bond acceptors (Lipinski definition) is 1. The van der Waals surface area contributed by atoms with Gasteiger partial charge in [0, 0.05) is 6.42 Å². The minimum Gasteiger partial charge on any atom is -0.389 e. The second kappa shape index (κ2) is 7.73. The van der Waals surface area contributed by atoms with Crippen LogP contribution in [0, 0.1) is 11.5 Å². The van der Waals surface area contributed by atoms with Crippen LogP contribution in [0.3, 0.4) is 0 Å². The molecule has 0 spiro atoms. The van der Waals surface area contributed by atoms with Gasteiger partial charge in [0.25, 0.3) is 0 Å². The molecular formula is C13H24OSi. The minimum atomic E-state index is -1.16. The first-order chi connectivity index (χ1) is 6.95. The van der Waals surface area contributed by atoms with Gasteiger partial charge in [0.15, 0.2) is 0 Å². The van der Waals surface area contributed by atoms with Crippen molar-refractivity contribution < 1.29 is 5.11 Å². The first kappa shape index (κ1) is 14.5. The minimum absolute atomic E-state index is 0.321. The third-order valence-electron chi connectivity index (χ3n) is 2.04. The summed E-state index contributed by atoms with van der Waals surface area (Å²) in [6.07, 6.45) is 6.51. The molecule has 0 aromatic heterocycles. The largest absolute Gasteiger partial charge is 0.389 e. The van der Waals surface area contributed by atoms with Crippen LogP contribution in [0.5, 0.6) is 0 Å². The Balaban J connectivity index is 3.39. The lowest BCUT2D eigenvalue weighted by Crippen LogP contribution is -2.16. The smallest absolute Gasteiger partial charge is 0.129 e. The first-order valence-corrected chi connectivity index (χ1v) is 9.26. The van der Waals surface area contributed by atoms with Gasteiger partial charge in [-0.1, -0.05) is 38.6 Å². The molecule has 0 aliphatic heterocycles. The summed E-state index contributed by atoms with van der Waals surface area (Å²) in [6, 6.07) is 0. The maximum absolute atomic E-state index is 9.23. The second-order valence-electron chi connectivity index (χ2n) is 4.95. The Morgan fingerprint density at radius 2 is 1.93 bits per heavy atom. The van der Waals surface area contributed by atoms with E-state index in [2.05, 4.69) is 37.7 Å². The van der Waals surface area contributed by atoms with Crippen molar-refractivity contribution >= 4 is 8.07 Å². The summed E-state index contributed by atoms with van der Waals surface area (Å²) >= 11 is 0. The van der Waals surface area contributed by atoms with E-state index in [1.807, 2.05) is 0 Å². The molecule has 0 aliphatic rings. The molecule has 0 rings (SSSR count). The van der Waals surface area contributed by atoms with E-state index in [-0.39, 0.29) is 6.10 Å². The molecule has 0 amide bonds. The van der Waals surface area contributed by atoms with E-state index in [1.54, 1.807) is 6.08 Å². The van der Waals surface area contributed by atoms with Crippen LogP contribution in [-0.2, 0) is 0 Å². The van der Waals surface area contributed by atoms with Crippen molar-refractivity contribution in [2.24, 2.45) is 0 Å². The maximum Gasteiger partial charge on any atom is 0.129 e. The Hall–Kier alpha value is -0.523. The van der Waals surface area contributed by atoms with E-state index in [4.69, 9.17) is 0 Å². The molecule has 0 saturated carbocycles. The van der Waals surface area contributed by atoms with Gasteiger partial charge in [0.2, 0.25) is 0 Å². The predicted octanol–water partition coefficient (Wildman–Crippen LogP) is 3.36. The van der Waals surface area contributed by atoms with E-state index in [9.17, 15) is 5.11 Å². The van der Waals surface area contributed by atoms with E-state index < -0.39 is 8.07 Å². The summed E-state index contributed by atoms with van der Waals surface area (Å²) in [5.74, 6) is 3.26. The van der Waals surface area contributed by atoms with Crippen molar-refractivity contribution in [1.82, 2.24) is 0 Å². The zero-order chi connectivity index (χ0) is 11.7. The highest BCUT2D eigenvalue weighted by molar-refractivity contribution is 6.83. The van der Waals surface area contributed by atoms with Gasteiger partial charge < -0.3 is 5.11 Å². The average Bonchev–Trinajstić information content (AvgIpc) is 2.14. The molecule has 2 heteroatoms. The quantitative estimate of drug-likeness (QED) is 0.317. The van der Waals surface area contributed by atoms with Gasteiger partial charge in [-0.05, 0) is 12.8 Å². The summed E-state index contributed by atoms with van der Waals surface area (Å²) in [5.41, 5.74) is 3.36. The molecule has 0 radical (unpaired) electrons. The van der Waals surface area contributed by atoms with Crippen LogP contribution in [0.1, 0.15) is 32.1 Å². The Morgan fingerprint density at radius 3 is 2.47 bits per heavy atom. The predicted molar refractivity (Wildman–Crippen MR) is 70.4 cm³/mol. The molecule has 0 aliphatic carbocycles. The van der Waals surface area contributed by atoms with Gasteiger partial charge in [-0.3, -0.25) is 0 Å². The third-order valence-corrected chi connectivity index (χ3v) is 2.96. The molecule has 1 N–H and O–H groups in total. The fraction of sp³-hybridized carbons (Fsp3) is 0.692. The maximum atomic E-state index is 9.23. The Kier molecular flexibility index (Phi) is 7.46. The normalized spacial score (nSPS) is 12.8. The summed E-state index contributed by atoms with van der Waals surface area (Å²) in [6.45, 7) is 10.3. The molecule has 1 unspecified atom stereocenters. The van der Waals surface area contributed by atoms with Crippen molar-refractivity contribution in [3.63, 3.8) is 0 Å². The lowest BCUT2D eigenvalue weighted by atomic mass is 10.1. The molecule has 0 heterocycles. The Labute approximate surface area is 95.6 Å². The highest BCUT2D eigenvalue weighted by atomic mass is 28.3. The van der Waals surface area contributed by atoms with Gasteiger partial charge >= 0.3 is 0 Å². The van der Waals surface area contributed by atoms with Crippen molar-refractivity contribution in [1.29, 1.82) is 0 Å². The number of unbranched alkanes of at least 4 members (excludes halogenated alkanes) is 3. The number of aliphatic hydroxyl groups excluding tert-OH is 1. The average molecular weight is 224 g/mol. The van der Waals surface area contributed by atoms with Crippen LogP contribution in [0.25, 0.3) is 0 Å². The van der Waals surface area contributed by atoms with Crippen molar-refractivity contribution in [2.45, 2.75) is 57.8 Å². The molecular weight excluding hydrogens is 200 g/mol. The van der Waals surface area contributed by atoms with Crippen LogP contribution >= 0.6 is 0 Å². The first-order valence-electron chi connectivity index (χ1n) is 5.76. The zero-order valence-electron chi connectivity index (χ0n) is 10.3. The van der Waals surface area contributed by atoms with E-state index in [0.717, 1.165) is 32.1 Å². The summed E-state index contributed by atoms with van der Waals surface area (Å²) < 4.78 is 0. The van der Waals surface area contributed by atoms with Gasteiger partial charge in [0.05, 0.1) is 6.10 Å². The summed E-state index contributed by atoms with van der Waals surface area (Å²) in [7, 11) is -1.16. The second-order valence-corrected chi connectivity index (χ2v) is 9.70. The van der Waals surface area contributed by atoms with Crippen LogP contribution in [0.4, 0.5) is 0 Å². The Bertz CT molecular complexity index is 229. The van der Waals surface area contributed by atoms with Gasteiger partial charge in [0.1, 0.15) is 8.07 Å². The van der Waals surface area contributed by atoms with E-state index in [0.29, 0.717) is 0 Å². The Morgan fingerprint density at radius 1 is 1.27 bits per heavy atom. The fourth-order valence-electron chi connectivity index (χ4n) is 1.19. The van der Waals surface area contributed by atoms with Crippen LogP contribution in [0.15, 0.2) is 12.7 Å². The van der Waals surface area contributed by atoms with Crippen molar-refractivity contribution in [2.75, 3.05) is 0 Å². The topological polar surface area (TPSA) is 20.2 Å². The lowest BCUT2D eigenvalue weighted by molar-refractivity contribution is 0.208. The number of hydrogen-bond donors (Lipinski definition) is 1. The molecule has 1 nitrogen and oxygen atoms in total. The molecule has 0 fully saturated rings. The van der Waals surface area contributed by atoms with Crippen LogP contribution < -0.4 is 0 Å². The fourth-order valence-corrected chi connectivity index (χ4v) is 1.84. The van der Waals surface area contributed by atoms with Gasteiger partial charge in [-0.15, -0.1) is 18.0 Å². The molecule has 0 bridgehead atoms. The molecule has 15 heavy (non-hydrogen) atoms. The van der Waals surface area contributed by atoms with Gasteiger partial charge in [-0.25, -0.2) is 0 Å². The highest BCUT2D eigenvalue weighted by Gasteiger charge is 2.06. The lowest BCUT2D eigenvalue weighted by Gasteiger charge is -2.04. The van der Waals surface area contributed by atoms with Crippen LogP contribution in [0.2, 0.25) is 19.6 Å². The zero-order valence-corrected chi connectivity index (χ0v) is 11.3. The van der Waals surface area contributed by atoms with Gasteiger partial charge in [-0.2, -0.15) is 0 Å². The summed E-state index contributed by atoms with van der Waals surface area (Å²) in [5, 5.41) is 9.23. The highest BCUT2D eigenvalue weighted by Crippen LogP contribution is 2.06. The molecule has 0 aromatic carbocycles. The van der Waals surface area contributed by atoms with E-state index in [1.165, 1.54) is 0 Å². The standard InChI is InChI=1S/C13H24OSi/c1-5-13(14)11-9-7-6-8-10-12-15(2,3)4/h5,13-14H,1,6-9,11H2,2-4H3. The van der Waals surface area contributed by atoms with Crippen molar-refractivity contribution in [3.05, 3.63) is 12.7 Å². The number of rotatable bonds is 6. The van der Waals surface area contributed by atoms with Crippen LogP contribution in [-0.4, -0.2) is 19.3 Å². The third kappa shape index (κ3) is 11.4. The number of aliphatic hydroxyl groups is 1. The molecule has 1 atom stereocenters. The SMILES string of the molecule is C=CC(O)CCCCCC#C[Si](C)(C)C. The van der Waals surface area contributed by atoms with Crippen molar-refractivity contribution in [3.8, 4) is 11.5 Å². The monoisotopic (exact) mass is 224 g/mol. The summed E-state index contributed by atoms with van der Waals surface area (Å²) in [4.78, 5) is 0. The molecule has 0 aromatic rings.